The van der Waals surface area contributed by atoms with Crippen LogP contribution in [0.3, 0.4) is 0 Å². The Balaban J connectivity index is 3.32. The Morgan fingerprint density at radius 3 is 1.79 bits per heavy atom. The van der Waals surface area contributed by atoms with E-state index in [1.165, 1.54) is 26.4 Å². The number of aromatic nitrogens is 2. The number of carbonyl (C=O) groups excluding carboxylic acids is 8. The molecule has 62 heavy (non-hydrogen) atoms. The average Bonchev–Trinajstić information content (AvgIpc) is 3.70. The number of imidazole rings is 1. The third-order valence-electron chi connectivity index (χ3n) is 9.14. The summed E-state index contributed by atoms with van der Waals surface area (Å²) in [5.41, 5.74) is 33.1. The van der Waals surface area contributed by atoms with Gasteiger partial charge in [0.2, 0.25) is 47.3 Å². The molecule has 0 radical (unpaired) electrons. The topological polar surface area (TPSA) is 463 Å². The van der Waals surface area contributed by atoms with E-state index >= 15 is 0 Å². The number of aliphatic hydroxyl groups is 1. The first-order valence-corrected chi connectivity index (χ1v) is 19.9. The average molecular weight is 882 g/mol. The maximum atomic E-state index is 13.9. The quantitative estimate of drug-likeness (QED) is 0.0194. The minimum atomic E-state index is -1.76. The number of rotatable bonds is 30. The number of nitrogens with zero attached hydrogens (tertiary/aromatic N) is 2. The second kappa shape index (κ2) is 27.4. The highest BCUT2D eigenvalue weighted by Gasteiger charge is 2.36. The third kappa shape index (κ3) is 20.2. The van der Waals surface area contributed by atoms with Crippen LogP contribution in [0.2, 0.25) is 0 Å². The molecule has 21 N–H and O–H groups in total. The monoisotopic (exact) mass is 881 g/mol. The molecule has 348 valence electrons. The number of aliphatic imine (C=N–C) groups is 1. The second-order valence-electron chi connectivity index (χ2n) is 14.8. The third-order valence-corrected chi connectivity index (χ3v) is 9.14. The van der Waals surface area contributed by atoms with E-state index in [2.05, 4.69) is 46.9 Å². The smallest absolute Gasteiger partial charge is 0.326 e. The molecule has 1 rings (SSSR count). The van der Waals surface area contributed by atoms with Gasteiger partial charge in [0.15, 0.2) is 5.96 Å². The second-order valence-corrected chi connectivity index (χ2v) is 14.8. The molecular formula is C36H63N15O11. The molecule has 1 aromatic heterocycles. The number of aliphatic carboxylic acids is 1. The molecule has 8 atom stereocenters. The molecule has 0 aliphatic heterocycles. The summed E-state index contributed by atoms with van der Waals surface area (Å²) in [6, 6.07) is -10.3. The molecule has 26 nitrogen and oxygen atoms in total. The van der Waals surface area contributed by atoms with E-state index in [0.717, 1.165) is 6.92 Å². The van der Waals surface area contributed by atoms with Gasteiger partial charge in [-0.15, -0.1) is 0 Å². The number of carboxylic acids is 1. The fourth-order valence-electron chi connectivity index (χ4n) is 5.71. The number of hydrogen-bond acceptors (Lipinski definition) is 14. The summed E-state index contributed by atoms with van der Waals surface area (Å²) < 4.78 is 0. The van der Waals surface area contributed by atoms with Crippen molar-refractivity contribution in [3.8, 4) is 0 Å². The Morgan fingerprint density at radius 2 is 1.26 bits per heavy atom. The van der Waals surface area contributed by atoms with E-state index in [9.17, 15) is 53.4 Å². The molecule has 1 heterocycles. The van der Waals surface area contributed by atoms with Crippen LogP contribution in [0.25, 0.3) is 0 Å². The van der Waals surface area contributed by atoms with Crippen molar-refractivity contribution in [1.82, 2.24) is 41.9 Å². The first-order valence-electron chi connectivity index (χ1n) is 19.9. The van der Waals surface area contributed by atoms with Crippen molar-refractivity contribution in [2.24, 2.45) is 45.3 Å². The van der Waals surface area contributed by atoms with Gasteiger partial charge in [-0.2, -0.15) is 0 Å². The lowest BCUT2D eigenvalue weighted by molar-refractivity contribution is -0.143. The maximum absolute atomic E-state index is 13.9. The number of carbonyl (C=O) groups is 9. The number of H-pyrrole nitrogens is 1. The van der Waals surface area contributed by atoms with E-state index in [-0.39, 0.29) is 51.2 Å². The molecular weight excluding hydrogens is 818 g/mol. The highest BCUT2D eigenvalue weighted by atomic mass is 16.4. The molecule has 1 aromatic rings. The van der Waals surface area contributed by atoms with Crippen LogP contribution in [0.15, 0.2) is 17.5 Å². The van der Waals surface area contributed by atoms with Crippen molar-refractivity contribution in [2.75, 3.05) is 13.1 Å². The lowest BCUT2D eigenvalue weighted by atomic mass is 10.0. The van der Waals surface area contributed by atoms with Crippen molar-refractivity contribution in [3.63, 3.8) is 0 Å². The summed E-state index contributed by atoms with van der Waals surface area (Å²) in [7, 11) is 0. The van der Waals surface area contributed by atoms with Crippen LogP contribution in [-0.2, 0) is 49.6 Å². The summed E-state index contributed by atoms with van der Waals surface area (Å²) in [4.78, 5) is 127. The summed E-state index contributed by atoms with van der Waals surface area (Å²) in [5, 5.41) is 34.2. The number of aromatic amines is 1. The summed E-state index contributed by atoms with van der Waals surface area (Å²) in [6.45, 7) is 4.68. The standard InChI is InChI=1S/C36H63N15O11/c1-17(2)27(33(59)49-24(14-26(40)54)32(58)51-28(18(3)52)34(60)47-22(35(61)62)8-4-5-11-37)50-31(57)23(13-19-15-43-16-45-19)48-30(56)21(9-10-25(39)53)46-29(55)20(38)7-6-12-44-36(41)42/h15-18,20-24,27-28,52H,4-14,37-38H2,1-3H3,(H2,39,53)(H2,40,54)(H,43,45)(H,46,55)(H,47,60)(H,48,56)(H,49,59)(H,50,57)(H,51,58)(H,61,62)(H4,41,42,44)/t18-,20+,21+,22+,23+,24+,27+,28+/m1/s1. The van der Waals surface area contributed by atoms with E-state index in [0.29, 0.717) is 25.0 Å². The zero-order chi connectivity index (χ0) is 47.1. The number of hydrogen-bond donors (Lipinski definition) is 15. The Kier molecular flexibility index (Phi) is 23.7. The Bertz CT molecular complexity index is 1700. The minimum absolute atomic E-state index is 0.00135. The first-order chi connectivity index (χ1) is 29.1. The highest BCUT2D eigenvalue weighted by Crippen LogP contribution is 2.09. The van der Waals surface area contributed by atoms with Gasteiger partial charge in [-0.05, 0) is 57.9 Å². The number of amides is 8. The minimum Gasteiger partial charge on any atom is -0.480 e. The number of nitrogens with two attached hydrogens (primary N) is 6. The zero-order valence-corrected chi connectivity index (χ0v) is 35.1. The largest absolute Gasteiger partial charge is 0.480 e. The Labute approximate surface area is 357 Å². The summed E-state index contributed by atoms with van der Waals surface area (Å²) >= 11 is 0. The number of unbranched alkanes of at least 4 members (excludes halogenated alkanes) is 1. The van der Waals surface area contributed by atoms with Gasteiger partial charge in [0.05, 0.1) is 24.9 Å². The SMILES string of the molecule is CC(C)[C@H](NC(=O)[C@H](Cc1cnc[nH]1)NC(=O)[C@H](CCC(N)=O)NC(=O)[C@@H](N)CCCN=C(N)N)C(=O)N[C@@H](CC(N)=O)C(=O)N[C@H](C(=O)N[C@@H](CCCCN)C(=O)O)[C@@H](C)O. The van der Waals surface area contributed by atoms with E-state index < -0.39 is 114 Å². The predicted octanol–water partition coefficient (Wildman–Crippen LogP) is -6.37. The van der Waals surface area contributed by atoms with Crippen LogP contribution in [0, 0.1) is 5.92 Å². The predicted molar refractivity (Wildman–Crippen MR) is 221 cm³/mol. The lowest BCUT2D eigenvalue weighted by Gasteiger charge is -2.29. The van der Waals surface area contributed by atoms with Crippen molar-refractivity contribution in [1.29, 1.82) is 0 Å². The van der Waals surface area contributed by atoms with Gasteiger partial charge in [-0.1, -0.05) is 13.8 Å². The van der Waals surface area contributed by atoms with Crippen LogP contribution in [-0.4, -0.2) is 141 Å². The van der Waals surface area contributed by atoms with Crippen LogP contribution in [0.4, 0.5) is 0 Å². The van der Waals surface area contributed by atoms with Crippen LogP contribution in [0.1, 0.15) is 77.8 Å². The molecule has 26 heteroatoms. The van der Waals surface area contributed by atoms with Crippen molar-refractivity contribution < 1.29 is 53.4 Å². The van der Waals surface area contributed by atoms with Gasteiger partial charge in [-0.3, -0.25) is 43.3 Å². The molecule has 0 spiro atoms. The lowest BCUT2D eigenvalue weighted by Crippen LogP contribution is -2.62. The van der Waals surface area contributed by atoms with E-state index in [1.807, 2.05) is 0 Å². The molecule has 0 bridgehead atoms. The van der Waals surface area contributed by atoms with Gasteiger partial charge < -0.3 is 81.5 Å². The van der Waals surface area contributed by atoms with Crippen LogP contribution >= 0.6 is 0 Å². The summed E-state index contributed by atoms with van der Waals surface area (Å²) in [5.74, 6) is -9.94. The van der Waals surface area contributed by atoms with Gasteiger partial charge in [-0.25, -0.2) is 9.78 Å². The number of guanidine groups is 1. The van der Waals surface area contributed by atoms with Gasteiger partial charge in [0, 0.05) is 31.3 Å². The molecule has 0 aromatic carbocycles. The van der Waals surface area contributed by atoms with Gasteiger partial charge >= 0.3 is 5.97 Å². The molecule has 8 amide bonds. The molecule has 0 saturated carbocycles. The molecule has 0 aliphatic rings. The van der Waals surface area contributed by atoms with Gasteiger partial charge in [0.25, 0.3) is 0 Å². The Hall–Kier alpha value is -6.41. The van der Waals surface area contributed by atoms with Gasteiger partial charge in [0.1, 0.15) is 36.3 Å². The number of carboxylic acid groups (broad SMARTS) is 1. The number of aliphatic hydroxyl groups excluding tert-OH is 1. The zero-order valence-electron chi connectivity index (χ0n) is 35.1. The van der Waals surface area contributed by atoms with Crippen molar-refractivity contribution in [2.45, 2.75) is 127 Å². The van der Waals surface area contributed by atoms with Crippen LogP contribution in [0.5, 0.6) is 0 Å². The van der Waals surface area contributed by atoms with Crippen molar-refractivity contribution in [3.05, 3.63) is 18.2 Å². The number of primary amides is 2. The fourth-order valence-corrected chi connectivity index (χ4v) is 5.71. The molecule has 0 unspecified atom stereocenters. The maximum Gasteiger partial charge on any atom is 0.326 e. The number of nitrogens with one attached hydrogen (secondary N) is 7. The van der Waals surface area contributed by atoms with E-state index in [4.69, 9.17) is 34.4 Å². The van der Waals surface area contributed by atoms with Crippen molar-refractivity contribution >= 4 is 59.2 Å². The molecule has 0 fully saturated rings. The van der Waals surface area contributed by atoms with E-state index in [1.54, 1.807) is 0 Å². The molecule has 0 aliphatic carbocycles. The highest BCUT2D eigenvalue weighted by molar-refractivity contribution is 5.98. The first kappa shape index (κ1) is 53.6. The Morgan fingerprint density at radius 1 is 0.694 bits per heavy atom. The normalized spacial score (nSPS) is 14.9. The molecule has 0 saturated heterocycles. The fraction of sp³-hybridized carbons (Fsp3) is 0.639. The summed E-state index contributed by atoms with van der Waals surface area (Å²) in [6.07, 6.45) is 0.701. The van der Waals surface area contributed by atoms with Crippen LogP contribution < -0.4 is 66.3 Å².